The van der Waals surface area contributed by atoms with Crippen molar-refractivity contribution in [3.63, 3.8) is 0 Å². The second kappa shape index (κ2) is 7.52. The van der Waals surface area contributed by atoms with Crippen LogP contribution < -0.4 is 5.32 Å². The predicted molar refractivity (Wildman–Crippen MR) is 104 cm³/mol. The zero-order valence-corrected chi connectivity index (χ0v) is 16.3. The Balaban J connectivity index is 1.56. The molecule has 1 aromatic rings. The summed E-state index contributed by atoms with van der Waals surface area (Å²) in [6, 6.07) is 6.68. The second-order valence-electron chi connectivity index (χ2n) is 7.45. The molecule has 0 unspecified atom stereocenters. The van der Waals surface area contributed by atoms with Crippen LogP contribution in [0.25, 0.3) is 0 Å². The van der Waals surface area contributed by atoms with Crippen molar-refractivity contribution in [2.45, 2.75) is 25.3 Å². The summed E-state index contributed by atoms with van der Waals surface area (Å²) in [5, 5.41) is 3.49. The number of nitrogens with one attached hydrogen (secondary N) is 1. The van der Waals surface area contributed by atoms with Crippen molar-refractivity contribution in [2.75, 3.05) is 39.8 Å². The molecule has 0 spiro atoms. The fraction of sp³-hybridized carbons (Fsp3) is 0.500. The molecule has 1 aromatic carbocycles. The highest BCUT2D eigenvalue weighted by molar-refractivity contribution is 6.31. The van der Waals surface area contributed by atoms with E-state index in [0.717, 1.165) is 30.9 Å². The Morgan fingerprint density at radius 1 is 1.11 bits per heavy atom. The van der Waals surface area contributed by atoms with Gasteiger partial charge in [-0.05, 0) is 37.6 Å². The van der Waals surface area contributed by atoms with Gasteiger partial charge in [0.2, 0.25) is 0 Å². The Bertz CT molecular complexity index is 788. The van der Waals surface area contributed by atoms with E-state index >= 15 is 0 Å². The Kier molecular flexibility index (Phi) is 5.10. The van der Waals surface area contributed by atoms with Crippen LogP contribution in [0.5, 0.6) is 0 Å². The van der Waals surface area contributed by atoms with Crippen LogP contribution in [0.2, 0.25) is 5.02 Å². The summed E-state index contributed by atoms with van der Waals surface area (Å²) in [7, 11) is 1.72. The average Bonchev–Trinajstić information content (AvgIpc) is 3.01. The fourth-order valence-electron chi connectivity index (χ4n) is 4.19. The molecule has 27 heavy (non-hydrogen) atoms. The van der Waals surface area contributed by atoms with Crippen LogP contribution >= 0.6 is 11.6 Å². The van der Waals surface area contributed by atoms with Crippen molar-refractivity contribution in [1.82, 2.24) is 20.0 Å². The van der Waals surface area contributed by atoms with E-state index in [2.05, 4.69) is 10.2 Å². The molecule has 0 bridgehead atoms. The van der Waals surface area contributed by atoms with E-state index in [-0.39, 0.29) is 11.9 Å². The summed E-state index contributed by atoms with van der Waals surface area (Å²) >= 11 is 6.36. The zero-order valence-electron chi connectivity index (χ0n) is 15.6. The smallest absolute Gasteiger partial charge is 0.322 e. The first-order valence-electron chi connectivity index (χ1n) is 9.59. The molecule has 1 N–H and O–H groups in total. The van der Waals surface area contributed by atoms with Gasteiger partial charge in [-0.3, -0.25) is 9.69 Å². The van der Waals surface area contributed by atoms with Gasteiger partial charge in [-0.25, -0.2) is 4.79 Å². The van der Waals surface area contributed by atoms with Gasteiger partial charge in [-0.1, -0.05) is 36.2 Å². The lowest BCUT2D eigenvalue weighted by molar-refractivity contribution is -0.126. The van der Waals surface area contributed by atoms with Crippen LogP contribution in [-0.2, 0) is 4.79 Å². The van der Waals surface area contributed by atoms with Gasteiger partial charge in [0, 0.05) is 25.2 Å². The summed E-state index contributed by atoms with van der Waals surface area (Å²) in [6.07, 6.45) is 3.77. The lowest BCUT2D eigenvalue weighted by Gasteiger charge is -2.31. The average molecular weight is 389 g/mol. The maximum atomic E-state index is 13.2. The van der Waals surface area contributed by atoms with E-state index in [4.69, 9.17) is 11.6 Å². The summed E-state index contributed by atoms with van der Waals surface area (Å²) in [6.45, 7) is 4.26. The third-order valence-electron chi connectivity index (χ3n) is 5.79. The molecular formula is C20H25ClN4O2. The molecule has 0 radical (unpaired) electrons. The summed E-state index contributed by atoms with van der Waals surface area (Å²) in [5.74, 6) is -0.00113. The van der Waals surface area contributed by atoms with E-state index in [1.165, 1.54) is 19.3 Å². The number of hydrogen-bond donors (Lipinski definition) is 1. The maximum Gasteiger partial charge on any atom is 0.322 e. The minimum absolute atomic E-state index is 0.00113. The number of hydrogen-bond acceptors (Lipinski definition) is 3. The van der Waals surface area contributed by atoms with Gasteiger partial charge in [-0.2, -0.15) is 0 Å². The zero-order chi connectivity index (χ0) is 19.0. The molecule has 3 amide bonds. The number of nitrogens with zero attached hydrogens (tertiary/aromatic N) is 3. The number of benzene rings is 1. The van der Waals surface area contributed by atoms with Crippen molar-refractivity contribution in [2.24, 2.45) is 0 Å². The van der Waals surface area contributed by atoms with Gasteiger partial charge in [0.25, 0.3) is 5.91 Å². The van der Waals surface area contributed by atoms with Crippen LogP contribution in [0.3, 0.4) is 0 Å². The van der Waals surface area contributed by atoms with Crippen molar-refractivity contribution in [1.29, 1.82) is 0 Å². The van der Waals surface area contributed by atoms with Crippen LogP contribution in [0, 0.1) is 0 Å². The van der Waals surface area contributed by atoms with Crippen molar-refractivity contribution < 1.29 is 9.59 Å². The number of amides is 3. The van der Waals surface area contributed by atoms with E-state index in [1.807, 2.05) is 23.1 Å². The van der Waals surface area contributed by atoms with Crippen LogP contribution in [0.1, 0.15) is 30.9 Å². The Labute approximate surface area is 164 Å². The molecule has 0 aliphatic carbocycles. The first kappa shape index (κ1) is 18.3. The molecule has 1 atom stereocenters. The summed E-state index contributed by atoms with van der Waals surface area (Å²) in [4.78, 5) is 31.5. The lowest BCUT2D eigenvalue weighted by atomic mass is 9.96. The van der Waals surface area contributed by atoms with E-state index in [0.29, 0.717) is 23.7 Å². The lowest BCUT2D eigenvalue weighted by Crippen LogP contribution is -2.45. The molecule has 0 saturated carbocycles. The van der Waals surface area contributed by atoms with E-state index in [9.17, 15) is 9.59 Å². The monoisotopic (exact) mass is 388 g/mol. The highest BCUT2D eigenvalue weighted by Gasteiger charge is 2.43. The molecule has 144 valence electrons. The fourth-order valence-corrected chi connectivity index (χ4v) is 4.44. The number of halogens is 1. The number of carbonyl (C=O) groups excluding carboxylic acids is 2. The van der Waals surface area contributed by atoms with Gasteiger partial charge in [-0.15, -0.1) is 0 Å². The number of rotatable bonds is 4. The minimum atomic E-state index is -0.495. The van der Waals surface area contributed by atoms with Gasteiger partial charge < -0.3 is 15.1 Å². The van der Waals surface area contributed by atoms with Crippen molar-refractivity contribution in [3.8, 4) is 0 Å². The standard InChI is InChI=1S/C20H25ClN4O2/c1-23-16-13-25(12-11-24-9-5-2-6-10-24)19(26)17(16)18(22-20(23)27)14-7-3-4-8-15(14)21/h3-4,7-8,18H,2,5-6,9-13H2,1H3,(H,22,27)/t18-/m1/s1. The number of likely N-dealkylation sites (tertiary alicyclic amines) is 1. The number of piperidine rings is 1. The van der Waals surface area contributed by atoms with Crippen LogP contribution in [-0.4, -0.2) is 66.4 Å². The second-order valence-corrected chi connectivity index (χ2v) is 7.86. The summed E-state index contributed by atoms with van der Waals surface area (Å²) in [5.41, 5.74) is 2.19. The molecular weight excluding hydrogens is 364 g/mol. The molecule has 7 heteroatoms. The summed E-state index contributed by atoms with van der Waals surface area (Å²) < 4.78 is 0. The highest BCUT2D eigenvalue weighted by atomic mass is 35.5. The van der Waals surface area contributed by atoms with Crippen LogP contribution in [0.15, 0.2) is 35.5 Å². The molecule has 3 aliphatic rings. The third kappa shape index (κ3) is 3.44. The van der Waals surface area contributed by atoms with Gasteiger partial charge in [0.15, 0.2) is 0 Å². The molecule has 3 aliphatic heterocycles. The highest BCUT2D eigenvalue weighted by Crippen LogP contribution is 2.37. The largest absolute Gasteiger partial charge is 0.332 e. The number of carbonyl (C=O) groups is 2. The molecule has 6 nitrogen and oxygen atoms in total. The molecule has 1 saturated heterocycles. The van der Waals surface area contributed by atoms with Crippen molar-refractivity contribution >= 4 is 23.5 Å². The van der Waals surface area contributed by atoms with E-state index in [1.54, 1.807) is 18.0 Å². The first-order valence-corrected chi connectivity index (χ1v) is 9.97. The predicted octanol–water partition coefficient (Wildman–Crippen LogP) is 2.62. The quantitative estimate of drug-likeness (QED) is 0.862. The third-order valence-corrected chi connectivity index (χ3v) is 6.13. The molecule has 4 rings (SSSR count). The minimum Gasteiger partial charge on any atom is -0.332 e. The van der Waals surface area contributed by atoms with E-state index < -0.39 is 6.04 Å². The topological polar surface area (TPSA) is 55.9 Å². The molecule has 3 heterocycles. The van der Waals surface area contributed by atoms with Crippen molar-refractivity contribution in [3.05, 3.63) is 46.1 Å². The maximum absolute atomic E-state index is 13.2. The Morgan fingerprint density at radius 3 is 2.59 bits per heavy atom. The number of urea groups is 1. The van der Waals surface area contributed by atoms with Gasteiger partial charge >= 0.3 is 6.03 Å². The number of likely N-dealkylation sites (N-methyl/N-ethyl adjacent to an activating group) is 1. The van der Waals surface area contributed by atoms with Crippen LogP contribution in [0.4, 0.5) is 4.79 Å². The Morgan fingerprint density at radius 2 is 1.85 bits per heavy atom. The normalized spacial score (nSPS) is 23.7. The first-order chi connectivity index (χ1) is 13.1. The van der Waals surface area contributed by atoms with Gasteiger partial charge in [0.1, 0.15) is 0 Å². The van der Waals surface area contributed by atoms with Gasteiger partial charge in [0.05, 0.1) is 23.9 Å². The molecule has 0 aromatic heterocycles. The SMILES string of the molecule is CN1C(=O)N[C@H](c2ccccc2Cl)C2=C1CN(CCN1CCCCC1)C2=O. The Hall–Kier alpha value is -2.05. The molecule has 1 fully saturated rings.